The molecule has 2 aliphatic heterocycles. The molecule has 1 saturated carbocycles. The molecule has 196 valence electrons. The van der Waals surface area contributed by atoms with E-state index in [0.717, 1.165) is 24.3 Å². The first-order chi connectivity index (χ1) is 18.5. The molecule has 3 aliphatic rings. The number of benzene rings is 2. The van der Waals surface area contributed by atoms with Crippen LogP contribution < -0.4 is 19.9 Å². The minimum Gasteiger partial charge on any atom is -0.457 e. The van der Waals surface area contributed by atoms with Crippen molar-refractivity contribution in [1.29, 1.82) is 0 Å². The number of fused-ring (bicyclic) bond motifs is 1. The molecule has 7 heteroatoms. The van der Waals surface area contributed by atoms with Crippen molar-refractivity contribution in [3.8, 4) is 11.5 Å². The van der Waals surface area contributed by atoms with Gasteiger partial charge in [0.05, 0.1) is 0 Å². The number of hydrogen-bond donors (Lipinski definition) is 1. The lowest BCUT2D eigenvalue weighted by molar-refractivity contribution is -0.120. The zero-order valence-corrected chi connectivity index (χ0v) is 21.9. The van der Waals surface area contributed by atoms with Crippen molar-refractivity contribution in [2.24, 2.45) is 5.41 Å². The molecule has 6 rings (SSSR count). The summed E-state index contributed by atoms with van der Waals surface area (Å²) in [5.74, 6) is 0.690. The third kappa shape index (κ3) is 4.85. The number of nitrogens with one attached hydrogen (secondary N) is 1. The number of para-hydroxylation sites is 1. The SMILES string of the molecule is CN1C(=O)[C@@H](NC(=O)c2cc(Oc3ccccc3)ccn2)CCc2ccc(N3CC4(CCCCC4)C3)cc21. The number of rotatable bonds is 5. The third-order valence-electron chi connectivity index (χ3n) is 8.34. The van der Waals surface area contributed by atoms with Gasteiger partial charge in [-0.05, 0) is 61.6 Å². The molecule has 1 aliphatic carbocycles. The Morgan fingerprint density at radius 3 is 2.58 bits per heavy atom. The predicted octanol–water partition coefficient (Wildman–Crippen LogP) is 5.35. The van der Waals surface area contributed by atoms with E-state index in [0.29, 0.717) is 29.8 Å². The van der Waals surface area contributed by atoms with Gasteiger partial charge in [-0.3, -0.25) is 14.6 Å². The van der Waals surface area contributed by atoms with Crippen LogP contribution in [0.3, 0.4) is 0 Å². The van der Waals surface area contributed by atoms with Gasteiger partial charge in [0.1, 0.15) is 23.2 Å². The van der Waals surface area contributed by atoms with E-state index in [1.807, 2.05) is 30.3 Å². The number of carbonyl (C=O) groups is 2. The van der Waals surface area contributed by atoms with Crippen LogP contribution >= 0.6 is 0 Å². The van der Waals surface area contributed by atoms with Crippen LogP contribution in [-0.2, 0) is 11.2 Å². The number of carbonyl (C=O) groups excluding carboxylic acids is 2. The molecular weight excluding hydrogens is 476 g/mol. The van der Waals surface area contributed by atoms with Crippen molar-refractivity contribution in [1.82, 2.24) is 10.3 Å². The first-order valence-corrected chi connectivity index (χ1v) is 13.7. The van der Waals surface area contributed by atoms with Crippen molar-refractivity contribution >= 4 is 23.2 Å². The Labute approximate surface area is 223 Å². The quantitative estimate of drug-likeness (QED) is 0.501. The van der Waals surface area contributed by atoms with E-state index in [1.54, 1.807) is 30.3 Å². The summed E-state index contributed by atoms with van der Waals surface area (Å²) in [6.45, 7) is 2.23. The van der Waals surface area contributed by atoms with Gasteiger partial charge < -0.3 is 19.9 Å². The fourth-order valence-electron chi connectivity index (χ4n) is 6.20. The van der Waals surface area contributed by atoms with E-state index >= 15 is 0 Å². The standard InChI is InChI=1S/C31H34N4O3/c1-34-28-18-23(35-20-31(21-35)15-6-3-7-16-31)12-10-22(28)11-13-26(30(34)37)33-29(36)27-19-25(14-17-32-27)38-24-8-4-2-5-9-24/h2,4-5,8-10,12,14,17-19,26H,3,6-7,11,13,15-16,20-21H2,1H3,(H,33,36)/t26-/m0/s1. The Kier molecular flexibility index (Phi) is 6.52. The average Bonchev–Trinajstić information content (AvgIpc) is 3.04. The molecule has 2 aromatic carbocycles. The molecule has 3 heterocycles. The summed E-state index contributed by atoms with van der Waals surface area (Å²) >= 11 is 0. The van der Waals surface area contributed by atoms with Crippen LogP contribution in [-0.4, -0.2) is 43.0 Å². The van der Waals surface area contributed by atoms with Gasteiger partial charge >= 0.3 is 0 Å². The van der Waals surface area contributed by atoms with Crippen molar-refractivity contribution in [2.75, 3.05) is 29.9 Å². The maximum atomic E-state index is 13.4. The molecule has 7 nitrogen and oxygen atoms in total. The Hall–Kier alpha value is -3.87. The van der Waals surface area contributed by atoms with Crippen LogP contribution in [0.15, 0.2) is 66.9 Å². The number of nitrogens with zero attached hydrogens (tertiary/aromatic N) is 3. The Morgan fingerprint density at radius 2 is 1.79 bits per heavy atom. The molecule has 0 radical (unpaired) electrons. The lowest BCUT2D eigenvalue weighted by atomic mass is 9.68. The summed E-state index contributed by atoms with van der Waals surface area (Å²) in [6.07, 6.45) is 9.53. The lowest BCUT2D eigenvalue weighted by Crippen LogP contribution is -2.57. The Bertz CT molecular complexity index is 1330. The first-order valence-electron chi connectivity index (χ1n) is 13.7. The molecule has 1 aromatic heterocycles. The molecule has 38 heavy (non-hydrogen) atoms. The fourth-order valence-corrected chi connectivity index (χ4v) is 6.20. The molecule has 1 saturated heterocycles. The molecular formula is C31H34N4O3. The van der Waals surface area contributed by atoms with E-state index in [2.05, 4.69) is 33.4 Å². The molecule has 1 atom stereocenters. The zero-order valence-electron chi connectivity index (χ0n) is 21.9. The molecule has 3 aromatic rings. The summed E-state index contributed by atoms with van der Waals surface area (Å²) in [5.41, 5.74) is 3.96. The number of likely N-dealkylation sites (N-methyl/N-ethyl adjacent to an activating group) is 1. The average molecular weight is 511 g/mol. The highest BCUT2D eigenvalue weighted by Gasteiger charge is 2.43. The molecule has 0 bridgehead atoms. The minimum absolute atomic E-state index is 0.113. The van der Waals surface area contributed by atoms with Gasteiger partial charge in [0.2, 0.25) is 5.91 Å². The summed E-state index contributed by atoms with van der Waals surface area (Å²) in [4.78, 5) is 34.9. The van der Waals surface area contributed by atoms with Crippen LogP contribution in [0.5, 0.6) is 11.5 Å². The largest absolute Gasteiger partial charge is 0.457 e. The minimum atomic E-state index is -0.627. The van der Waals surface area contributed by atoms with Gasteiger partial charge in [-0.25, -0.2) is 0 Å². The van der Waals surface area contributed by atoms with Gasteiger partial charge in [0, 0.05) is 49.2 Å². The Balaban J connectivity index is 1.13. The topological polar surface area (TPSA) is 74.8 Å². The van der Waals surface area contributed by atoms with Crippen molar-refractivity contribution in [3.63, 3.8) is 0 Å². The number of pyridine rings is 1. The van der Waals surface area contributed by atoms with Gasteiger partial charge in [-0.1, -0.05) is 43.5 Å². The molecule has 0 unspecified atom stereocenters. The molecule has 2 fully saturated rings. The smallest absolute Gasteiger partial charge is 0.270 e. The highest BCUT2D eigenvalue weighted by molar-refractivity contribution is 6.02. The van der Waals surface area contributed by atoms with Crippen molar-refractivity contribution in [2.45, 2.75) is 51.0 Å². The summed E-state index contributed by atoms with van der Waals surface area (Å²) in [6, 6.07) is 18.5. The second-order valence-corrected chi connectivity index (χ2v) is 11.0. The lowest BCUT2D eigenvalue weighted by Gasteiger charge is -2.53. The third-order valence-corrected chi connectivity index (χ3v) is 8.34. The van der Waals surface area contributed by atoms with E-state index in [4.69, 9.17) is 4.74 Å². The van der Waals surface area contributed by atoms with E-state index in [9.17, 15) is 9.59 Å². The van der Waals surface area contributed by atoms with Gasteiger partial charge in [-0.2, -0.15) is 0 Å². The molecule has 1 N–H and O–H groups in total. The van der Waals surface area contributed by atoms with E-state index < -0.39 is 6.04 Å². The number of aryl methyl sites for hydroxylation is 1. The first kappa shape index (κ1) is 24.5. The molecule has 2 amide bonds. The number of amides is 2. The number of aromatic nitrogens is 1. The van der Waals surface area contributed by atoms with Crippen LogP contribution in [0.4, 0.5) is 11.4 Å². The van der Waals surface area contributed by atoms with Crippen molar-refractivity contribution < 1.29 is 14.3 Å². The summed E-state index contributed by atoms with van der Waals surface area (Å²) < 4.78 is 5.84. The van der Waals surface area contributed by atoms with E-state index in [-0.39, 0.29) is 17.5 Å². The van der Waals surface area contributed by atoms with Gasteiger partial charge in [0.15, 0.2) is 0 Å². The zero-order chi connectivity index (χ0) is 26.1. The number of anilines is 2. The number of ether oxygens (including phenoxy) is 1. The molecule has 1 spiro atoms. The highest BCUT2D eigenvalue weighted by Crippen LogP contribution is 2.46. The predicted molar refractivity (Wildman–Crippen MR) is 148 cm³/mol. The van der Waals surface area contributed by atoms with Gasteiger partial charge in [-0.15, -0.1) is 0 Å². The van der Waals surface area contributed by atoms with Crippen LogP contribution in [0.1, 0.15) is 54.6 Å². The Morgan fingerprint density at radius 1 is 1.00 bits per heavy atom. The monoisotopic (exact) mass is 510 g/mol. The fraction of sp³-hybridized carbons (Fsp3) is 0.387. The van der Waals surface area contributed by atoms with Crippen LogP contribution in [0.25, 0.3) is 0 Å². The second kappa shape index (κ2) is 10.1. The second-order valence-electron chi connectivity index (χ2n) is 11.0. The highest BCUT2D eigenvalue weighted by atomic mass is 16.5. The van der Waals surface area contributed by atoms with Crippen molar-refractivity contribution in [3.05, 3.63) is 78.1 Å². The van der Waals surface area contributed by atoms with Crippen LogP contribution in [0.2, 0.25) is 0 Å². The normalized spacial score (nSPS) is 20.3. The maximum absolute atomic E-state index is 13.4. The maximum Gasteiger partial charge on any atom is 0.270 e. The van der Waals surface area contributed by atoms with E-state index in [1.165, 1.54) is 37.8 Å². The van der Waals surface area contributed by atoms with Crippen LogP contribution in [0, 0.1) is 5.41 Å². The number of hydrogen-bond acceptors (Lipinski definition) is 5. The summed E-state index contributed by atoms with van der Waals surface area (Å²) in [5, 5.41) is 2.92. The summed E-state index contributed by atoms with van der Waals surface area (Å²) in [7, 11) is 1.81. The van der Waals surface area contributed by atoms with Gasteiger partial charge in [0.25, 0.3) is 5.91 Å².